The van der Waals surface area contributed by atoms with Crippen molar-refractivity contribution in [3.05, 3.63) is 0 Å². The SMILES string of the molecule is C[C@@H]1CCCCCC(C2CCCCCC(N)CCC2)CCCC1. The van der Waals surface area contributed by atoms with Crippen LogP contribution in [0.25, 0.3) is 0 Å². The van der Waals surface area contributed by atoms with Crippen molar-refractivity contribution in [1.29, 1.82) is 0 Å². The first-order chi connectivity index (χ1) is 11.3. The maximum absolute atomic E-state index is 6.26. The lowest BCUT2D eigenvalue weighted by Crippen LogP contribution is -2.22. The van der Waals surface area contributed by atoms with Gasteiger partial charge in [0.15, 0.2) is 0 Å². The highest BCUT2D eigenvalue weighted by molar-refractivity contribution is 4.75. The standard InChI is InChI=1S/C22H43N/c1-19-11-4-2-5-13-20(15-9-8-12-19)21-14-6-3-7-17-22(23)18-10-16-21/h19-22H,2-18,23H2,1H3/t19-,20?,21?,22?/m1/s1. The van der Waals surface area contributed by atoms with Gasteiger partial charge in [-0.1, -0.05) is 103 Å². The lowest BCUT2D eigenvalue weighted by Gasteiger charge is -2.29. The minimum Gasteiger partial charge on any atom is -0.328 e. The molecule has 0 aromatic rings. The van der Waals surface area contributed by atoms with Crippen molar-refractivity contribution >= 4 is 0 Å². The van der Waals surface area contributed by atoms with E-state index in [0.29, 0.717) is 6.04 Å². The molecule has 1 nitrogen and oxygen atoms in total. The van der Waals surface area contributed by atoms with Gasteiger partial charge in [0.05, 0.1) is 0 Å². The van der Waals surface area contributed by atoms with Crippen LogP contribution in [0.5, 0.6) is 0 Å². The highest BCUT2D eigenvalue weighted by atomic mass is 14.6. The first kappa shape index (κ1) is 19.3. The van der Waals surface area contributed by atoms with Crippen LogP contribution in [0.3, 0.4) is 0 Å². The van der Waals surface area contributed by atoms with Crippen molar-refractivity contribution in [3.8, 4) is 0 Å². The summed E-state index contributed by atoms with van der Waals surface area (Å²) in [6.07, 6.45) is 24.6. The van der Waals surface area contributed by atoms with Crippen LogP contribution >= 0.6 is 0 Å². The zero-order chi connectivity index (χ0) is 16.3. The van der Waals surface area contributed by atoms with E-state index in [9.17, 15) is 0 Å². The molecule has 3 unspecified atom stereocenters. The third-order valence-electron chi connectivity index (χ3n) is 6.76. The van der Waals surface area contributed by atoms with Crippen molar-refractivity contribution in [1.82, 2.24) is 0 Å². The van der Waals surface area contributed by atoms with Gasteiger partial charge in [-0.15, -0.1) is 0 Å². The Morgan fingerprint density at radius 3 is 1.52 bits per heavy atom. The van der Waals surface area contributed by atoms with Crippen LogP contribution in [0, 0.1) is 17.8 Å². The average molecular weight is 322 g/mol. The van der Waals surface area contributed by atoms with Crippen LogP contribution in [0.15, 0.2) is 0 Å². The lowest BCUT2D eigenvalue weighted by molar-refractivity contribution is 0.232. The summed E-state index contributed by atoms with van der Waals surface area (Å²) >= 11 is 0. The largest absolute Gasteiger partial charge is 0.328 e. The van der Waals surface area contributed by atoms with Gasteiger partial charge < -0.3 is 5.73 Å². The third-order valence-corrected chi connectivity index (χ3v) is 6.76. The molecule has 0 heterocycles. The zero-order valence-electron chi connectivity index (χ0n) is 15.9. The summed E-state index contributed by atoms with van der Waals surface area (Å²) in [4.78, 5) is 0. The molecule has 0 saturated heterocycles. The molecule has 2 rings (SSSR count). The molecule has 0 bridgehead atoms. The number of hydrogen-bond acceptors (Lipinski definition) is 1. The topological polar surface area (TPSA) is 26.0 Å². The van der Waals surface area contributed by atoms with Gasteiger partial charge in [-0.3, -0.25) is 0 Å². The predicted octanol–water partition coefficient (Wildman–Crippen LogP) is 6.84. The van der Waals surface area contributed by atoms with Crippen molar-refractivity contribution in [2.75, 3.05) is 0 Å². The molecule has 0 amide bonds. The van der Waals surface area contributed by atoms with Gasteiger partial charge in [0.25, 0.3) is 0 Å². The van der Waals surface area contributed by atoms with E-state index in [0.717, 1.165) is 17.8 Å². The minimum absolute atomic E-state index is 0.489. The van der Waals surface area contributed by atoms with Gasteiger partial charge in [-0.2, -0.15) is 0 Å². The second kappa shape index (κ2) is 11.5. The van der Waals surface area contributed by atoms with E-state index in [1.54, 1.807) is 0 Å². The summed E-state index contributed by atoms with van der Waals surface area (Å²) < 4.78 is 0. The first-order valence-electron chi connectivity index (χ1n) is 11.0. The quantitative estimate of drug-likeness (QED) is 0.562. The second-order valence-electron chi connectivity index (χ2n) is 8.88. The van der Waals surface area contributed by atoms with Crippen LogP contribution in [-0.4, -0.2) is 6.04 Å². The molecule has 0 aliphatic heterocycles. The Morgan fingerprint density at radius 2 is 0.870 bits per heavy atom. The number of nitrogens with two attached hydrogens (primary N) is 1. The molecule has 0 aromatic heterocycles. The second-order valence-corrected chi connectivity index (χ2v) is 8.88. The lowest BCUT2D eigenvalue weighted by atomic mass is 9.77. The Balaban J connectivity index is 1.85. The minimum atomic E-state index is 0.489. The first-order valence-corrected chi connectivity index (χ1v) is 11.0. The highest BCUT2D eigenvalue weighted by Gasteiger charge is 2.22. The summed E-state index contributed by atoms with van der Waals surface area (Å²) in [6.45, 7) is 2.47. The highest BCUT2D eigenvalue weighted by Crippen LogP contribution is 2.34. The van der Waals surface area contributed by atoms with Crippen LogP contribution < -0.4 is 5.73 Å². The van der Waals surface area contributed by atoms with Crippen LogP contribution in [0.4, 0.5) is 0 Å². The Hall–Kier alpha value is -0.0400. The van der Waals surface area contributed by atoms with Gasteiger partial charge in [0.2, 0.25) is 0 Å². The van der Waals surface area contributed by atoms with Gasteiger partial charge in [0, 0.05) is 6.04 Å². The van der Waals surface area contributed by atoms with Crippen molar-refractivity contribution < 1.29 is 0 Å². The Bertz CT molecular complexity index is 288. The Labute approximate surface area is 146 Å². The fraction of sp³-hybridized carbons (Fsp3) is 1.00. The molecule has 2 saturated carbocycles. The van der Waals surface area contributed by atoms with Crippen molar-refractivity contribution in [2.45, 2.75) is 122 Å². The molecule has 2 aliphatic rings. The van der Waals surface area contributed by atoms with E-state index >= 15 is 0 Å². The monoisotopic (exact) mass is 321 g/mol. The van der Waals surface area contributed by atoms with Gasteiger partial charge >= 0.3 is 0 Å². The average Bonchev–Trinajstić information content (AvgIpc) is 2.59. The fourth-order valence-electron chi connectivity index (χ4n) is 5.13. The summed E-state index contributed by atoms with van der Waals surface area (Å²) in [7, 11) is 0. The van der Waals surface area contributed by atoms with Crippen molar-refractivity contribution in [3.63, 3.8) is 0 Å². The summed E-state index contributed by atoms with van der Waals surface area (Å²) in [5, 5.41) is 0. The van der Waals surface area contributed by atoms with Crippen LogP contribution in [0.1, 0.15) is 116 Å². The van der Waals surface area contributed by atoms with E-state index in [2.05, 4.69) is 6.92 Å². The molecular formula is C22H43N. The van der Waals surface area contributed by atoms with Gasteiger partial charge in [0.1, 0.15) is 0 Å². The van der Waals surface area contributed by atoms with E-state index in [1.165, 1.54) is 109 Å². The molecule has 0 radical (unpaired) electrons. The van der Waals surface area contributed by atoms with E-state index in [1.807, 2.05) is 0 Å². The van der Waals surface area contributed by atoms with Gasteiger partial charge in [-0.05, 0) is 30.6 Å². The summed E-state index contributed by atoms with van der Waals surface area (Å²) in [5.74, 6) is 3.01. The normalized spacial score (nSPS) is 36.8. The molecule has 1 heteroatoms. The Kier molecular flexibility index (Phi) is 9.65. The van der Waals surface area contributed by atoms with Crippen molar-refractivity contribution in [2.24, 2.45) is 23.5 Å². The molecule has 2 aliphatic carbocycles. The molecule has 23 heavy (non-hydrogen) atoms. The molecule has 4 atom stereocenters. The van der Waals surface area contributed by atoms with Gasteiger partial charge in [-0.25, -0.2) is 0 Å². The molecule has 0 spiro atoms. The molecule has 2 fully saturated rings. The zero-order valence-corrected chi connectivity index (χ0v) is 15.9. The van der Waals surface area contributed by atoms with E-state index in [4.69, 9.17) is 5.73 Å². The fourth-order valence-corrected chi connectivity index (χ4v) is 5.13. The maximum atomic E-state index is 6.26. The summed E-state index contributed by atoms with van der Waals surface area (Å²) in [6, 6.07) is 0.489. The Morgan fingerprint density at radius 1 is 0.478 bits per heavy atom. The van der Waals surface area contributed by atoms with E-state index in [-0.39, 0.29) is 0 Å². The molecular weight excluding hydrogens is 278 g/mol. The molecule has 0 aromatic carbocycles. The maximum Gasteiger partial charge on any atom is 0.00388 e. The summed E-state index contributed by atoms with van der Waals surface area (Å²) in [5.41, 5.74) is 6.26. The smallest absolute Gasteiger partial charge is 0.00388 e. The predicted molar refractivity (Wildman–Crippen MR) is 103 cm³/mol. The van der Waals surface area contributed by atoms with E-state index < -0.39 is 0 Å². The number of rotatable bonds is 1. The van der Waals surface area contributed by atoms with Crippen LogP contribution in [0.2, 0.25) is 0 Å². The number of hydrogen-bond donors (Lipinski definition) is 1. The molecule has 2 N–H and O–H groups in total. The third kappa shape index (κ3) is 8.05. The van der Waals surface area contributed by atoms with Crippen LogP contribution in [-0.2, 0) is 0 Å². The molecule has 136 valence electrons.